The summed E-state index contributed by atoms with van der Waals surface area (Å²) in [7, 11) is 0. The van der Waals surface area contributed by atoms with Gasteiger partial charge in [0.2, 0.25) is 5.88 Å². The highest BCUT2D eigenvalue weighted by atomic mass is 79.9. The number of pyridine rings is 1. The minimum Gasteiger partial charge on any atom is -0.493 e. The van der Waals surface area contributed by atoms with E-state index in [2.05, 4.69) is 20.9 Å². The Hall–Kier alpha value is -1.79. The van der Waals surface area contributed by atoms with Gasteiger partial charge in [-0.05, 0) is 53.2 Å². The van der Waals surface area contributed by atoms with E-state index in [1.54, 1.807) is 43.5 Å². The van der Waals surface area contributed by atoms with Crippen molar-refractivity contribution in [3.8, 4) is 17.4 Å². The van der Waals surface area contributed by atoms with Crippen LogP contribution in [0.2, 0.25) is 5.02 Å². The SMILES string of the molecule is CCOC(=O)CCOc1ccc(Oc2ncc(Br)cc2Cl)cc1. The van der Waals surface area contributed by atoms with E-state index >= 15 is 0 Å². The summed E-state index contributed by atoms with van der Waals surface area (Å²) in [6.07, 6.45) is 1.82. The molecule has 0 amide bonds. The van der Waals surface area contributed by atoms with Gasteiger partial charge in [0, 0.05) is 10.7 Å². The van der Waals surface area contributed by atoms with E-state index < -0.39 is 0 Å². The quantitative estimate of drug-likeness (QED) is 0.635. The van der Waals surface area contributed by atoms with Crippen LogP contribution in [0.3, 0.4) is 0 Å². The Kier molecular flexibility index (Phi) is 6.67. The van der Waals surface area contributed by atoms with Crippen LogP contribution < -0.4 is 9.47 Å². The number of aromatic nitrogens is 1. The zero-order valence-corrected chi connectivity index (χ0v) is 14.8. The first-order valence-electron chi connectivity index (χ1n) is 6.96. The van der Waals surface area contributed by atoms with Gasteiger partial charge in [-0.3, -0.25) is 4.79 Å². The summed E-state index contributed by atoms with van der Waals surface area (Å²) in [4.78, 5) is 15.3. The van der Waals surface area contributed by atoms with E-state index in [1.165, 1.54) is 0 Å². The highest BCUT2D eigenvalue weighted by Gasteiger charge is 2.06. The van der Waals surface area contributed by atoms with Crippen LogP contribution >= 0.6 is 27.5 Å². The average molecular weight is 401 g/mol. The standard InChI is InChI=1S/C16H15BrClNO4/c1-2-21-15(20)7-8-22-12-3-5-13(6-4-12)23-16-14(18)9-11(17)10-19-16/h3-6,9-10H,2,7-8H2,1H3. The van der Waals surface area contributed by atoms with Gasteiger partial charge < -0.3 is 14.2 Å². The molecule has 0 saturated carbocycles. The fourth-order valence-corrected chi connectivity index (χ4v) is 2.35. The van der Waals surface area contributed by atoms with Crippen LogP contribution in [0.25, 0.3) is 0 Å². The molecule has 1 aromatic heterocycles. The minimum atomic E-state index is -0.275. The van der Waals surface area contributed by atoms with Gasteiger partial charge in [-0.25, -0.2) is 4.98 Å². The molecular weight excluding hydrogens is 386 g/mol. The molecule has 1 aromatic carbocycles. The molecule has 0 fully saturated rings. The molecule has 1 heterocycles. The molecular formula is C16H15BrClNO4. The summed E-state index contributed by atoms with van der Waals surface area (Å²) in [5.41, 5.74) is 0. The summed E-state index contributed by atoms with van der Waals surface area (Å²) in [5.74, 6) is 1.27. The molecule has 0 radical (unpaired) electrons. The number of hydrogen-bond donors (Lipinski definition) is 0. The Morgan fingerprint density at radius 3 is 2.61 bits per heavy atom. The Morgan fingerprint density at radius 1 is 1.26 bits per heavy atom. The van der Waals surface area contributed by atoms with Crippen molar-refractivity contribution in [3.05, 3.63) is 46.0 Å². The van der Waals surface area contributed by atoms with E-state index in [4.69, 9.17) is 25.8 Å². The highest BCUT2D eigenvalue weighted by Crippen LogP contribution is 2.29. The van der Waals surface area contributed by atoms with Crippen molar-refractivity contribution in [2.24, 2.45) is 0 Å². The first-order chi connectivity index (χ1) is 11.1. The Labute approximate surface area is 147 Å². The average Bonchev–Trinajstić information content (AvgIpc) is 2.52. The van der Waals surface area contributed by atoms with Gasteiger partial charge in [-0.15, -0.1) is 0 Å². The number of benzene rings is 1. The summed E-state index contributed by atoms with van der Waals surface area (Å²) in [5, 5.41) is 0.411. The second kappa shape index (κ2) is 8.74. The second-order valence-corrected chi connectivity index (χ2v) is 5.74. The van der Waals surface area contributed by atoms with Crippen LogP contribution in [0.4, 0.5) is 0 Å². The van der Waals surface area contributed by atoms with Crippen molar-refractivity contribution in [2.45, 2.75) is 13.3 Å². The van der Waals surface area contributed by atoms with Crippen LogP contribution in [-0.4, -0.2) is 24.2 Å². The summed E-state index contributed by atoms with van der Waals surface area (Å²) >= 11 is 9.33. The number of esters is 1. The van der Waals surface area contributed by atoms with E-state index in [1.807, 2.05) is 0 Å². The number of rotatable bonds is 7. The first kappa shape index (κ1) is 17.6. The topological polar surface area (TPSA) is 57.7 Å². The van der Waals surface area contributed by atoms with E-state index in [-0.39, 0.29) is 19.0 Å². The predicted octanol–water partition coefficient (Wildman–Crippen LogP) is 4.62. The van der Waals surface area contributed by atoms with Crippen molar-refractivity contribution in [1.29, 1.82) is 0 Å². The number of hydrogen-bond acceptors (Lipinski definition) is 5. The smallest absolute Gasteiger partial charge is 0.309 e. The molecule has 0 aliphatic rings. The molecule has 0 N–H and O–H groups in total. The molecule has 2 aromatic rings. The van der Waals surface area contributed by atoms with E-state index in [0.717, 1.165) is 4.47 Å². The third-order valence-corrected chi connectivity index (χ3v) is 3.40. The van der Waals surface area contributed by atoms with Gasteiger partial charge in [0.15, 0.2) is 0 Å². The third-order valence-electron chi connectivity index (χ3n) is 2.69. The van der Waals surface area contributed by atoms with Gasteiger partial charge in [-0.2, -0.15) is 0 Å². The largest absolute Gasteiger partial charge is 0.493 e. The van der Waals surface area contributed by atoms with Crippen molar-refractivity contribution in [3.63, 3.8) is 0 Å². The molecule has 122 valence electrons. The van der Waals surface area contributed by atoms with Crippen LogP contribution in [0, 0.1) is 0 Å². The van der Waals surface area contributed by atoms with E-state index in [9.17, 15) is 4.79 Å². The summed E-state index contributed by atoms with van der Waals surface area (Å²) in [6.45, 7) is 2.40. The molecule has 2 rings (SSSR count). The van der Waals surface area contributed by atoms with Gasteiger partial charge in [0.1, 0.15) is 16.5 Å². The van der Waals surface area contributed by atoms with Gasteiger partial charge in [-0.1, -0.05) is 11.6 Å². The lowest BCUT2D eigenvalue weighted by Crippen LogP contribution is -2.09. The number of halogens is 2. The molecule has 0 bridgehead atoms. The summed E-state index contributed by atoms with van der Waals surface area (Å²) < 4.78 is 16.7. The Morgan fingerprint density at radius 2 is 1.96 bits per heavy atom. The lowest BCUT2D eigenvalue weighted by Gasteiger charge is -2.09. The van der Waals surface area contributed by atoms with Crippen LogP contribution in [0.5, 0.6) is 17.4 Å². The zero-order chi connectivity index (χ0) is 16.7. The Bertz CT molecular complexity index is 664. The lowest BCUT2D eigenvalue weighted by molar-refractivity contribution is -0.143. The van der Waals surface area contributed by atoms with Gasteiger partial charge >= 0.3 is 5.97 Å². The molecule has 5 nitrogen and oxygen atoms in total. The van der Waals surface area contributed by atoms with E-state index in [0.29, 0.717) is 29.0 Å². The normalized spacial score (nSPS) is 10.2. The lowest BCUT2D eigenvalue weighted by atomic mass is 10.3. The van der Waals surface area contributed by atoms with Crippen LogP contribution in [0.15, 0.2) is 41.0 Å². The third kappa shape index (κ3) is 5.73. The first-order valence-corrected chi connectivity index (χ1v) is 8.13. The molecule has 0 aliphatic heterocycles. The van der Waals surface area contributed by atoms with Crippen LogP contribution in [0.1, 0.15) is 13.3 Å². The maximum atomic E-state index is 11.2. The molecule has 7 heteroatoms. The molecule has 0 atom stereocenters. The highest BCUT2D eigenvalue weighted by molar-refractivity contribution is 9.10. The molecule has 23 heavy (non-hydrogen) atoms. The molecule has 0 aliphatic carbocycles. The maximum absolute atomic E-state index is 11.2. The van der Waals surface area contributed by atoms with Crippen LogP contribution in [-0.2, 0) is 9.53 Å². The second-order valence-electron chi connectivity index (χ2n) is 4.42. The molecule has 0 unspecified atom stereocenters. The number of carbonyl (C=O) groups excluding carboxylic acids is 1. The Balaban J connectivity index is 1.88. The van der Waals surface area contributed by atoms with Crippen molar-refractivity contribution < 1.29 is 19.0 Å². The maximum Gasteiger partial charge on any atom is 0.309 e. The monoisotopic (exact) mass is 399 g/mol. The predicted molar refractivity (Wildman–Crippen MR) is 90.2 cm³/mol. The fraction of sp³-hybridized carbons (Fsp3) is 0.250. The van der Waals surface area contributed by atoms with Crippen molar-refractivity contribution >= 4 is 33.5 Å². The number of nitrogens with zero attached hydrogens (tertiary/aromatic N) is 1. The van der Waals surface area contributed by atoms with Gasteiger partial charge in [0.25, 0.3) is 0 Å². The van der Waals surface area contributed by atoms with Crippen molar-refractivity contribution in [1.82, 2.24) is 4.98 Å². The van der Waals surface area contributed by atoms with Gasteiger partial charge in [0.05, 0.1) is 19.6 Å². The fourth-order valence-electron chi connectivity index (χ4n) is 1.68. The molecule has 0 spiro atoms. The zero-order valence-electron chi connectivity index (χ0n) is 12.4. The van der Waals surface area contributed by atoms with Crippen molar-refractivity contribution in [2.75, 3.05) is 13.2 Å². The minimum absolute atomic E-state index is 0.213. The summed E-state index contributed by atoms with van der Waals surface area (Å²) in [6, 6.07) is 8.66. The number of carbonyl (C=O) groups is 1. The molecule has 0 saturated heterocycles. The number of ether oxygens (including phenoxy) is 3.